The molecule has 3 rings (SSSR count). The van der Waals surface area contributed by atoms with E-state index in [1.165, 1.54) is 15.8 Å². The van der Waals surface area contributed by atoms with Crippen LogP contribution in [0.1, 0.15) is 21.5 Å². The number of thiazole rings is 1. The van der Waals surface area contributed by atoms with Crippen LogP contribution in [0, 0.1) is 13.8 Å². The lowest BCUT2D eigenvalue weighted by Crippen LogP contribution is -2.13. The van der Waals surface area contributed by atoms with E-state index >= 15 is 0 Å². The number of halogens is 1. The summed E-state index contributed by atoms with van der Waals surface area (Å²) >= 11 is 4.93. The fourth-order valence-corrected chi connectivity index (χ4v) is 3.91. The molecule has 3 aromatic rings. The van der Waals surface area contributed by atoms with Crippen molar-refractivity contribution >= 4 is 43.4 Å². The maximum Gasteiger partial charge on any atom is 0.279 e. The fourth-order valence-electron chi connectivity index (χ4n) is 2.45. The van der Waals surface area contributed by atoms with Gasteiger partial charge in [0.15, 0.2) is 4.80 Å². The van der Waals surface area contributed by atoms with E-state index in [0.717, 1.165) is 9.99 Å². The van der Waals surface area contributed by atoms with Crippen molar-refractivity contribution in [1.82, 2.24) is 4.57 Å². The maximum atomic E-state index is 12.4. The van der Waals surface area contributed by atoms with E-state index in [9.17, 15) is 4.79 Å². The molecule has 0 saturated carbocycles. The topological polar surface area (TPSA) is 34.4 Å². The van der Waals surface area contributed by atoms with Crippen molar-refractivity contribution in [3.05, 3.63) is 62.4 Å². The minimum absolute atomic E-state index is 0.224. The maximum absolute atomic E-state index is 12.4. The van der Waals surface area contributed by atoms with Crippen LogP contribution in [-0.2, 0) is 7.05 Å². The Kier molecular flexibility index (Phi) is 4.02. The second-order valence-corrected chi connectivity index (χ2v) is 7.19. The van der Waals surface area contributed by atoms with Gasteiger partial charge in [-0.1, -0.05) is 39.4 Å². The highest BCUT2D eigenvalue weighted by molar-refractivity contribution is 9.10. The van der Waals surface area contributed by atoms with E-state index in [1.807, 2.05) is 23.7 Å². The van der Waals surface area contributed by atoms with Gasteiger partial charge in [0, 0.05) is 17.1 Å². The second-order valence-electron chi connectivity index (χ2n) is 5.30. The number of amides is 1. The number of aromatic nitrogens is 1. The number of rotatable bonds is 1. The first-order valence-electron chi connectivity index (χ1n) is 6.87. The zero-order chi connectivity index (χ0) is 15.9. The third-order valence-corrected chi connectivity index (χ3v) is 5.29. The number of hydrogen-bond acceptors (Lipinski definition) is 2. The molecule has 0 radical (unpaired) electrons. The highest BCUT2D eigenvalue weighted by Gasteiger charge is 2.09. The Morgan fingerprint density at radius 1 is 1.23 bits per heavy atom. The van der Waals surface area contributed by atoms with Gasteiger partial charge < -0.3 is 4.57 Å². The third kappa shape index (κ3) is 2.78. The number of benzene rings is 2. The Bertz CT molecular complexity index is 953. The minimum atomic E-state index is -0.224. The van der Waals surface area contributed by atoms with E-state index in [4.69, 9.17) is 0 Å². The van der Waals surface area contributed by atoms with Crippen LogP contribution >= 0.6 is 27.3 Å². The van der Waals surface area contributed by atoms with E-state index in [2.05, 4.69) is 46.9 Å². The van der Waals surface area contributed by atoms with Crippen LogP contribution in [0.4, 0.5) is 0 Å². The fraction of sp³-hybridized carbons (Fsp3) is 0.176. The van der Waals surface area contributed by atoms with Crippen LogP contribution in [0.15, 0.2) is 45.9 Å². The van der Waals surface area contributed by atoms with Gasteiger partial charge in [-0.25, -0.2) is 0 Å². The average Bonchev–Trinajstić information content (AvgIpc) is 2.77. The molecule has 0 spiro atoms. The van der Waals surface area contributed by atoms with Gasteiger partial charge in [-0.2, -0.15) is 4.99 Å². The van der Waals surface area contributed by atoms with Gasteiger partial charge in [-0.15, -0.1) is 0 Å². The van der Waals surface area contributed by atoms with Crippen molar-refractivity contribution in [2.24, 2.45) is 12.0 Å². The van der Waals surface area contributed by atoms with Crippen molar-refractivity contribution in [2.75, 3.05) is 0 Å². The van der Waals surface area contributed by atoms with Crippen molar-refractivity contribution in [3.63, 3.8) is 0 Å². The first-order chi connectivity index (χ1) is 10.5. The molecule has 1 amide bonds. The smallest absolute Gasteiger partial charge is 0.279 e. The largest absolute Gasteiger partial charge is 0.319 e. The molecule has 0 saturated heterocycles. The van der Waals surface area contributed by atoms with Gasteiger partial charge in [0.1, 0.15) is 0 Å². The van der Waals surface area contributed by atoms with Crippen LogP contribution in [0.25, 0.3) is 10.2 Å². The molecule has 3 nitrogen and oxygen atoms in total. The summed E-state index contributed by atoms with van der Waals surface area (Å²) in [7, 11) is 1.95. The van der Waals surface area contributed by atoms with E-state index in [1.54, 1.807) is 23.5 Å². The Labute approximate surface area is 141 Å². The molecule has 0 aliphatic carbocycles. The van der Waals surface area contributed by atoms with Crippen LogP contribution in [-0.4, -0.2) is 10.5 Å². The van der Waals surface area contributed by atoms with Gasteiger partial charge in [0.2, 0.25) is 0 Å². The number of nitrogens with zero attached hydrogens (tertiary/aromatic N) is 2. The number of carbonyl (C=O) groups is 1. The number of carbonyl (C=O) groups excluding carboxylic acids is 1. The molecule has 1 aromatic heterocycles. The van der Waals surface area contributed by atoms with Gasteiger partial charge >= 0.3 is 0 Å². The molecule has 0 aliphatic rings. The summed E-state index contributed by atoms with van der Waals surface area (Å²) in [5, 5.41) is 0. The molecule has 0 atom stereocenters. The summed E-state index contributed by atoms with van der Waals surface area (Å²) in [5.74, 6) is -0.224. The van der Waals surface area contributed by atoms with Gasteiger partial charge in [-0.3, -0.25) is 4.79 Å². The van der Waals surface area contributed by atoms with Gasteiger partial charge in [-0.05, 0) is 49.2 Å². The van der Waals surface area contributed by atoms with Crippen molar-refractivity contribution < 1.29 is 4.79 Å². The van der Waals surface area contributed by atoms with E-state index < -0.39 is 0 Å². The minimum Gasteiger partial charge on any atom is -0.319 e. The molecular formula is C17H15BrN2OS. The lowest BCUT2D eigenvalue weighted by molar-refractivity contribution is 0.0998. The predicted octanol–water partition coefficient (Wildman–Crippen LogP) is 4.36. The standard InChI is InChI=1S/C17H15BrN2OS/c1-10-7-11(2)15-14(8-10)20(3)17(22-15)19-16(21)12-5-4-6-13(18)9-12/h4-9H,1-3H3. The van der Waals surface area contributed by atoms with E-state index in [0.29, 0.717) is 10.4 Å². The molecule has 112 valence electrons. The van der Waals surface area contributed by atoms with E-state index in [-0.39, 0.29) is 5.91 Å². The summed E-state index contributed by atoms with van der Waals surface area (Å²) < 4.78 is 4.03. The molecule has 22 heavy (non-hydrogen) atoms. The molecule has 0 aliphatic heterocycles. The summed E-state index contributed by atoms with van der Waals surface area (Å²) in [5.41, 5.74) is 4.12. The Morgan fingerprint density at radius 2 is 2.00 bits per heavy atom. The second kappa shape index (κ2) is 5.82. The van der Waals surface area contributed by atoms with Crippen molar-refractivity contribution in [1.29, 1.82) is 0 Å². The number of fused-ring (bicyclic) bond motifs is 1. The average molecular weight is 375 g/mol. The lowest BCUT2D eigenvalue weighted by atomic mass is 10.1. The monoisotopic (exact) mass is 374 g/mol. The Hall–Kier alpha value is -1.72. The highest BCUT2D eigenvalue weighted by atomic mass is 79.9. The molecular weight excluding hydrogens is 360 g/mol. The van der Waals surface area contributed by atoms with Crippen molar-refractivity contribution in [2.45, 2.75) is 13.8 Å². The normalized spacial score (nSPS) is 12.1. The summed E-state index contributed by atoms with van der Waals surface area (Å²) in [6, 6.07) is 11.6. The van der Waals surface area contributed by atoms with Crippen LogP contribution in [0.2, 0.25) is 0 Å². The summed E-state index contributed by atoms with van der Waals surface area (Å²) in [6.07, 6.45) is 0. The molecule has 1 heterocycles. The zero-order valence-electron chi connectivity index (χ0n) is 12.6. The predicted molar refractivity (Wildman–Crippen MR) is 94.3 cm³/mol. The molecule has 2 aromatic carbocycles. The number of hydrogen-bond donors (Lipinski definition) is 0. The zero-order valence-corrected chi connectivity index (χ0v) is 15.0. The van der Waals surface area contributed by atoms with Gasteiger partial charge in [0.05, 0.1) is 10.2 Å². The van der Waals surface area contributed by atoms with Gasteiger partial charge in [0.25, 0.3) is 5.91 Å². The van der Waals surface area contributed by atoms with Crippen molar-refractivity contribution in [3.8, 4) is 0 Å². The molecule has 5 heteroatoms. The first kappa shape index (κ1) is 15.2. The van der Waals surface area contributed by atoms with Crippen LogP contribution in [0.5, 0.6) is 0 Å². The Morgan fingerprint density at radius 3 is 2.73 bits per heavy atom. The summed E-state index contributed by atoms with van der Waals surface area (Å²) in [4.78, 5) is 17.4. The quantitative estimate of drug-likeness (QED) is 0.622. The first-order valence-corrected chi connectivity index (χ1v) is 8.48. The molecule has 0 bridgehead atoms. The SMILES string of the molecule is Cc1cc(C)c2sc(=NC(=O)c3cccc(Br)c3)n(C)c2c1. The summed E-state index contributed by atoms with van der Waals surface area (Å²) in [6.45, 7) is 4.17. The number of aryl methyl sites for hydroxylation is 3. The highest BCUT2D eigenvalue weighted by Crippen LogP contribution is 2.22. The molecule has 0 fully saturated rings. The third-order valence-electron chi connectivity index (χ3n) is 3.51. The molecule has 0 unspecified atom stereocenters. The molecule has 0 N–H and O–H groups in total. The van der Waals surface area contributed by atoms with Crippen LogP contribution in [0.3, 0.4) is 0 Å². The Balaban J connectivity index is 2.16. The van der Waals surface area contributed by atoms with Crippen LogP contribution < -0.4 is 4.80 Å². The lowest BCUT2D eigenvalue weighted by Gasteiger charge is -2.00.